The van der Waals surface area contributed by atoms with E-state index in [1.165, 1.54) is 12.8 Å². The lowest BCUT2D eigenvalue weighted by Gasteiger charge is -2.22. The third-order valence-electron chi connectivity index (χ3n) is 4.38. The quantitative estimate of drug-likeness (QED) is 0.885. The molecule has 1 amide bonds. The summed E-state index contributed by atoms with van der Waals surface area (Å²) in [5.41, 5.74) is 3.49. The smallest absolute Gasteiger partial charge is 0.253 e. The second kappa shape index (κ2) is 7.70. The number of nitrogens with one attached hydrogen (secondary N) is 2. The highest BCUT2D eigenvalue weighted by Gasteiger charge is 2.15. The topological polar surface area (TPSA) is 54.0 Å². The molecule has 1 aliphatic rings. The van der Waals surface area contributed by atoms with E-state index >= 15 is 0 Å². The highest BCUT2D eigenvalue weighted by Crippen LogP contribution is 2.21. The van der Waals surface area contributed by atoms with Gasteiger partial charge in [0.2, 0.25) is 0 Å². The minimum absolute atomic E-state index is 0.0179. The fourth-order valence-electron chi connectivity index (χ4n) is 3.03. The van der Waals surface area contributed by atoms with Crippen molar-refractivity contribution in [3.8, 4) is 11.3 Å². The Balaban J connectivity index is 1.56. The van der Waals surface area contributed by atoms with E-state index in [-0.39, 0.29) is 5.91 Å². The second-order valence-corrected chi connectivity index (χ2v) is 6.88. The van der Waals surface area contributed by atoms with Crippen molar-refractivity contribution < 1.29 is 4.79 Å². The van der Waals surface area contributed by atoms with Gasteiger partial charge in [0.05, 0.1) is 17.0 Å². The average molecular weight is 329 g/mol. The van der Waals surface area contributed by atoms with Gasteiger partial charge in [-0.15, -0.1) is 0 Å². The van der Waals surface area contributed by atoms with Gasteiger partial charge >= 0.3 is 0 Å². The molecule has 0 bridgehead atoms. The molecule has 2 aromatic heterocycles. The Kier molecular flexibility index (Phi) is 5.41. The third-order valence-corrected chi connectivity index (χ3v) is 5.07. The third kappa shape index (κ3) is 4.18. The Labute approximate surface area is 141 Å². The van der Waals surface area contributed by atoms with Crippen LogP contribution in [-0.2, 0) is 0 Å². The number of amides is 1. The van der Waals surface area contributed by atoms with Crippen LogP contribution in [0, 0.1) is 12.8 Å². The van der Waals surface area contributed by atoms with Crippen LogP contribution in [-0.4, -0.2) is 30.5 Å². The van der Waals surface area contributed by atoms with Crippen LogP contribution in [0.4, 0.5) is 0 Å². The fraction of sp³-hybridized carbons (Fsp3) is 0.444. The number of aryl methyl sites for hydroxylation is 1. The van der Waals surface area contributed by atoms with Gasteiger partial charge in [-0.2, -0.15) is 11.3 Å². The van der Waals surface area contributed by atoms with E-state index in [9.17, 15) is 4.79 Å². The summed E-state index contributed by atoms with van der Waals surface area (Å²) in [7, 11) is 0. The molecule has 0 radical (unpaired) electrons. The molecule has 122 valence electrons. The van der Waals surface area contributed by atoms with Crippen LogP contribution < -0.4 is 10.6 Å². The van der Waals surface area contributed by atoms with Crippen LogP contribution in [0.5, 0.6) is 0 Å². The van der Waals surface area contributed by atoms with Crippen LogP contribution >= 0.6 is 11.3 Å². The van der Waals surface area contributed by atoms with Gasteiger partial charge in [0.1, 0.15) is 0 Å². The summed E-state index contributed by atoms with van der Waals surface area (Å²) in [5.74, 6) is 0.667. The zero-order valence-electron chi connectivity index (χ0n) is 13.5. The molecule has 1 aliphatic heterocycles. The first kappa shape index (κ1) is 16.1. The largest absolute Gasteiger partial charge is 0.352 e. The molecular formula is C18H23N3OS. The van der Waals surface area contributed by atoms with Crippen LogP contribution in [0.15, 0.2) is 29.0 Å². The number of carbonyl (C=O) groups is 1. The van der Waals surface area contributed by atoms with E-state index < -0.39 is 0 Å². The molecule has 2 N–H and O–H groups in total. The van der Waals surface area contributed by atoms with Crippen molar-refractivity contribution in [2.24, 2.45) is 5.92 Å². The Morgan fingerprint density at radius 1 is 1.43 bits per heavy atom. The van der Waals surface area contributed by atoms with Crippen molar-refractivity contribution >= 4 is 17.2 Å². The fourth-order valence-corrected chi connectivity index (χ4v) is 3.68. The second-order valence-electron chi connectivity index (χ2n) is 6.10. The number of nitrogens with zero attached hydrogens (tertiary/aromatic N) is 1. The summed E-state index contributed by atoms with van der Waals surface area (Å²) in [6.07, 6.45) is 3.54. The molecule has 5 heteroatoms. The predicted molar refractivity (Wildman–Crippen MR) is 94.8 cm³/mol. The van der Waals surface area contributed by atoms with Gasteiger partial charge in [0, 0.05) is 17.5 Å². The van der Waals surface area contributed by atoms with Crippen LogP contribution in [0.3, 0.4) is 0 Å². The monoisotopic (exact) mass is 329 g/mol. The first-order valence-corrected chi connectivity index (χ1v) is 9.17. The van der Waals surface area contributed by atoms with E-state index in [1.54, 1.807) is 11.3 Å². The summed E-state index contributed by atoms with van der Waals surface area (Å²) in [6, 6.07) is 5.85. The van der Waals surface area contributed by atoms with Crippen LogP contribution in [0.2, 0.25) is 0 Å². The Bertz CT molecular complexity index is 648. The molecule has 0 saturated carbocycles. The maximum absolute atomic E-state index is 12.3. The molecular weight excluding hydrogens is 306 g/mol. The molecule has 0 spiro atoms. The lowest BCUT2D eigenvalue weighted by Crippen LogP contribution is -2.33. The molecule has 1 unspecified atom stereocenters. The molecule has 2 aromatic rings. The van der Waals surface area contributed by atoms with Crippen LogP contribution in [0.25, 0.3) is 11.3 Å². The van der Waals surface area contributed by atoms with E-state index in [4.69, 9.17) is 0 Å². The zero-order chi connectivity index (χ0) is 16.1. The predicted octanol–water partition coefficient (Wildman–Crippen LogP) is 3.24. The lowest BCUT2D eigenvalue weighted by molar-refractivity contribution is 0.0949. The van der Waals surface area contributed by atoms with Crippen molar-refractivity contribution in [2.45, 2.75) is 26.2 Å². The summed E-state index contributed by atoms with van der Waals surface area (Å²) in [6.45, 7) is 4.84. The maximum Gasteiger partial charge on any atom is 0.253 e. The Morgan fingerprint density at radius 3 is 3.04 bits per heavy atom. The van der Waals surface area contributed by atoms with Gasteiger partial charge in [-0.3, -0.25) is 9.78 Å². The molecule has 23 heavy (non-hydrogen) atoms. The molecule has 4 nitrogen and oxygen atoms in total. The SMILES string of the molecule is Cc1nc(-c2ccsc2)ccc1C(=O)NCCC1CCCNC1. The van der Waals surface area contributed by atoms with Gasteiger partial charge < -0.3 is 10.6 Å². The minimum Gasteiger partial charge on any atom is -0.352 e. The maximum atomic E-state index is 12.3. The molecule has 3 heterocycles. The van der Waals surface area contributed by atoms with Gasteiger partial charge in [0.15, 0.2) is 0 Å². The molecule has 1 fully saturated rings. The molecule has 0 aliphatic carbocycles. The zero-order valence-corrected chi connectivity index (χ0v) is 14.3. The molecule has 0 aromatic carbocycles. The highest BCUT2D eigenvalue weighted by molar-refractivity contribution is 7.08. The van der Waals surface area contributed by atoms with Gasteiger partial charge in [0.25, 0.3) is 5.91 Å². The van der Waals surface area contributed by atoms with Gasteiger partial charge in [-0.1, -0.05) is 0 Å². The summed E-state index contributed by atoms with van der Waals surface area (Å²) in [5, 5.41) is 10.6. The summed E-state index contributed by atoms with van der Waals surface area (Å²) in [4.78, 5) is 16.9. The standard InChI is InChI=1S/C18H23N3OS/c1-13-16(4-5-17(21-13)15-7-10-23-12-15)18(22)20-9-6-14-3-2-8-19-11-14/h4-5,7,10,12,14,19H,2-3,6,8-9,11H2,1H3,(H,20,22). The van der Waals surface area contributed by atoms with Gasteiger partial charge in [-0.25, -0.2) is 0 Å². The number of carbonyl (C=O) groups excluding carboxylic acids is 1. The van der Waals surface area contributed by atoms with E-state index in [2.05, 4.69) is 21.0 Å². The Morgan fingerprint density at radius 2 is 2.35 bits per heavy atom. The molecule has 1 atom stereocenters. The number of hydrogen-bond donors (Lipinski definition) is 2. The minimum atomic E-state index is -0.0179. The average Bonchev–Trinajstić information content (AvgIpc) is 3.10. The first-order valence-electron chi connectivity index (χ1n) is 8.23. The van der Waals surface area contributed by atoms with Crippen molar-refractivity contribution in [3.63, 3.8) is 0 Å². The number of pyridine rings is 1. The van der Waals surface area contributed by atoms with E-state index in [0.29, 0.717) is 11.5 Å². The summed E-state index contributed by atoms with van der Waals surface area (Å²) >= 11 is 1.65. The number of hydrogen-bond acceptors (Lipinski definition) is 4. The number of aromatic nitrogens is 1. The molecule has 3 rings (SSSR count). The van der Waals surface area contributed by atoms with Crippen molar-refractivity contribution in [1.82, 2.24) is 15.6 Å². The van der Waals surface area contributed by atoms with Crippen molar-refractivity contribution in [3.05, 3.63) is 40.2 Å². The van der Waals surface area contributed by atoms with Gasteiger partial charge in [-0.05, 0) is 68.8 Å². The first-order chi connectivity index (χ1) is 11.2. The summed E-state index contributed by atoms with van der Waals surface area (Å²) < 4.78 is 0. The van der Waals surface area contributed by atoms with E-state index in [1.807, 2.05) is 30.5 Å². The normalized spacial score (nSPS) is 17.9. The lowest BCUT2D eigenvalue weighted by atomic mass is 9.96. The van der Waals surface area contributed by atoms with E-state index in [0.717, 1.165) is 43.0 Å². The number of thiophene rings is 1. The van der Waals surface area contributed by atoms with Crippen molar-refractivity contribution in [2.75, 3.05) is 19.6 Å². The number of rotatable bonds is 5. The Hall–Kier alpha value is -1.72. The number of piperidine rings is 1. The van der Waals surface area contributed by atoms with Crippen molar-refractivity contribution in [1.29, 1.82) is 0 Å². The molecule has 1 saturated heterocycles. The van der Waals surface area contributed by atoms with Crippen LogP contribution in [0.1, 0.15) is 35.3 Å². The highest BCUT2D eigenvalue weighted by atomic mass is 32.1.